The van der Waals surface area contributed by atoms with Crippen LogP contribution >= 0.6 is 23.1 Å². The molecule has 0 bridgehead atoms. The molecular weight excluding hydrogens is 520 g/mol. The van der Waals surface area contributed by atoms with Crippen molar-refractivity contribution in [3.8, 4) is 5.75 Å². The molecule has 0 spiro atoms. The molecule has 0 aliphatic rings. The standard InChI is InChI=1S/C28H20N4O4S2/c33-27(22-10-4-6-12-24(22)36-18-19-8-2-1-3-9-19)31-29-17-20-16-21(32(34)35)14-15-25(20)37-28-30-23-11-5-7-13-26(23)38-28/h1-17H,18H2,(H,31,33)/b29-17+. The molecule has 0 saturated heterocycles. The van der Waals surface area contributed by atoms with Gasteiger partial charge in [0.1, 0.15) is 12.4 Å². The van der Waals surface area contributed by atoms with Crippen LogP contribution in [0.25, 0.3) is 10.2 Å². The molecule has 0 radical (unpaired) electrons. The van der Waals surface area contributed by atoms with Crippen molar-refractivity contribution in [3.05, 3.63) is 124 Å². The lowest BCUT2D eigenvalue weighted by atomic mass is 10.2. The van der Waals surface area contributed by atoms with Crippen LogP contribution in [0.15, 0.2) is 111 Å². The van der Waals surface area contributed by atoms with Gasteiger partial charge in [0.05, 0.1) is 26.9 Å². The summed E-state index contributed by atoms with van der Waals surface area (Å²) in [5.41, 5.74) is 5.10. The van der Waals surface area contributed by atoms with E-state index in [-0.39, 0.29) is 5.69 Å². The fraction of sp³-hybridized carbons (Fsp3) is 0.0357. The van der Waals surface area contributed by atoms with Crippen molar-refractivity contribution in [1.29, 1.82) is 0 Å². The van der Waals surface area contributed by atoms with Gasteiger partial charge in [-0.1, -0.05) is 66.4 Å². The molecule has 0 aliphatic carbocycles. The van der Waals surface area contributed by atoms with E-state index in [0.29, 0.717) is 23.5 Å². The van der Waals surface area contributed by atoms with Crippen molar-refractivity contribution in [1.82, 2.24) is 10.4 Å². The number of rotatable bonds is 9. The van der Waals surface area contributed by atoms with E-state index in [1.807, 2.05) is 54.6 Å². The van der Waals surface area contributed by atoms with Gasteiger partial charge in [-0.25, -0.2) is 10.4 Å². The SMILES string of the molecule is O=C(N/N=C/c1cc([N+](=O)[O-])ccc1Sc1nc2ccccc2s1)c1ccccc1OCc1ccccc1. The summed E-state index contributed by atoms with van der Waals surface area (Å²) in [7, 11) is 0. The van der Waals surface area contributed by atoms with Crippen molar-refractivity contribution in [3.63, 3.8) is 0 Å². The highest BCUT2D eigenvalue weighted by molar-refractivity contribution is 8.01. The fourth-order valence-corrected chi connectivity index (χ4v) is 5.67. The Kier molecular flexibility index (Phi) is 7.72. The van der Waals surface area contributed by atoms with Crippen LogP contribution in [-0.4, -0.2) is 22.0 Å². The third kappa shape index (κ3) is 6.05. The number of hydrazone groups is 1. The molecule has 0 atom stereocenters. The van der Waals surface area contributed by atoms with Gasteiger partial charge in [0, 0.05) is 22.6 Å². The van der Waals surface area contributed by atoms with E-state index in [1.165, 1.54) is 41.4 Å². The van der Waals surface area contributed by atoms with E-state index < -0.39 is 10.8 Å². The number of thiazole rings is 1. The van der Waals surface area contributed by atoms with Crippen LogP contribution in [-0.2, 0) is 6.61 Å². The van der Waals surface area contributed by atoms with Crippen molar-refractivity contribution >= 4 is 51.1 Å². The molecule has 1 heterocycles. The number of non-ortho nitro benzene ring substituents is 1. The minimum absolute atomic E-state index is 0.0777. The van der Waals surface area contributed by atoms with Gasteiger partial charge < -0.3 is 4.74 Å². The summed E-state index contributed by atoms with van der Waals surface area (Å²) in [4.78, 5) is 29.1. The van der Waals surface area contributed by atoms with Crippen LogP contribution in [0, 0.1) is 10.1 Å². The third-order valence-electron chi connectivity index (χ3n) is 5.41. The number of fused-ring (bicyclic) bond motifs is 1. The van der Waals surface area contributed by atoms with Gasteiger partial charge in [0.25, 0.3) is 11.6 Å². The first-order valence-electron chi connectivity index (χ1n) is 11.5. The summed E-state index contributed by atoms with van der Waals surface area (Å²) in [6, 6.07) is 28.8. The van der Waals surface area contributed by atoms with E-state index >= 15 is 0 Å². The number of nitro benzene ring substituents is 1. The average molecular weight is 541 g/mol. The van der Waals surface area contributed by atoms with Crippen molar-refractivity contribution in [2.45, 2.75) is 15.8 Å². The topological polar surface area (TPSA) is 107 Å². The highest BCUT2D eigenvalue weighted by Gasteiger charge is 2.14. The largest absolute Gasteiger partial charge is 0.488 e. The van der Waals surface area contributed by atoms with Gasteiger partial charge in [-0.3, -0.25) is 14.9 Å². The maximum absolute atomic E-state index is 12.9. The highest BCUT2D eigenvalue weighted by Crippen LogP contribution is 2.36. The summed E-state index contributed by atoms with van der Waals surface area (Å²) in [6.45, 7) is 0.314. The van der Waals surface area contributed by atoms with Crippen molar-refractivity contribution in [2.24, 2.45) is 5.10 Å². The fourth-order valence-electron chi connectivity index (χ4n) is 3.57. The first-order chi connectivity index (χ1) is 18.6. The predicted octanol–water partition coefficient (Wildman–Crippen LogP) is 6.70. The third-order valence-corrected chi connectivity index (χ3v) is 7.60. The Bertz CT molecular complexity index is 1600. The minimum atomic E-state index is -0.470. The van der Waals surface area contributed by atoms with Crippen molar-refractivity contribution in [2.75, 3.05) is 0 Å². The molecule has 10 heteroatoms. The smallest absolute Gasteiger partial charge is 0.275 e. The van der Waals surface area contributed by atoms with Crippen LogP contribution in [0.5, 0.6) is 5.75 Å². The molecule has 38 heavy (non-hydrogen) atoms. The summed E-state index contributed by atoms with van der Waals surface area (Å²) >= 11 is 2.92. The van der Waals surface area contributed by atoms with E-state index in [9.17, 15) is 14.9 Å². The molecule has 5 aromatic rings. The lowest BCUT2D eigenvalue weighted by Gasteiger charge is -2.10. The quantitative estimate of drug-likeness (QED) is 0.127. The number of nitro groups is 1. The van der Waals surface area contributed by atoms with Gasteiger partial charge in [-0.2, -0.15) is 5.10 Å². The van der Waals surface area contributed by atoms with E-state index in [2.05, 4.69) is 15.5 Å². The Morgan fingerprint density at radius 3 is 2.61 bits per heavy atom. The predicted molar refractivity (Wildman–Crippen MR) is 149 cm³/mol. The van der Waals surface area contributed by atoms with Gasteiger partial charge in [-0.05, 0) is 35.9 Å². The monoisotopic (exact) mass is 540 g/mol. The van der Waals surface area contributed by atoms with Crippen LogP contribution < -0.4 is 10.2 Å². The van der Waals surface area contributed by atoms with E-state index in [1.54, 1.807) is 30.3 Å². The molecule has 1 N–H and O–H groups in total. The lowest BCUT2D eigenvalue weighted by molar-refractivity contribution is -0.384. The average Bonchev–Trinajstić information content (AvgIpc) is 3.35. The Labute approximate surface area is 226 Å². The van der Waals surface area contributed by atoms with Crippen LogP contribution in [0.1, 0.15) is 21.5 Å². The van der Waals surface area contributed by atoms with Crippen LogP contribution in [0.4, 0.5) is 5.69 Å². The normalized spacial score (nSPS) is 11.1. The number of carbonyl (C=O) groups is 1. The first-order valence-corrected chi connectivity index (χ1v) is 13.1. The molecule has 5 rings (SSSR count). The number of nitrogens with one attached hydrogen (secondary N) is 1. The Hall–Kier alpha value is -4.54. The summed E-state index contributed by atoms with van der Waals surface area (Å²) in [5, 5.41) is 15.5. The minimum Gasteiger partial charge on any atom is -0.488 e. The number of nitrogens with zero attached hydrogens (tertiary/aromatic N) is 3. The van der Waals surface area contributed by atoms with E-state index in [0.717, 1.165) is 25.0 Å². The second-order valence-corrected chi connectivity index (χ2v) is 10.3. The second kappa shape index (κ2) is 11.7. The summed E-state index contributed by atoms with van der Waals surface area (Å²) in [5.74, 6) is -0.0396. The molecule has 0 saturated carbocycles. The van der Waals surface area contributed by atoms with Gasteiger partial charge >= 0.3 is 0 Å². The molecule has 0 unspecified atom stereocenters. The summed E-state index contributed by atoms with van der Waals surface area (Å²) in [6.07, 6.45) is 1.40. The Morgan fingerprint density at radius 2 is 1.79 bits per heavy atom. The number of para-hydroxylation sites is 2. The number of aromatic nitrogens is 1. The zero-order chi connectivity index (χ0) is 26.3. The molecular formula is C28H20N4O4S2. The molecule has 1 aromatic heterocycles. The number of hydrogen-bond donors (Lipinski definition) is 1. The number of amides is 1. The van der Waals surface area contributed by atoms with Crippen molar-refractivity contribution < 1.29 is 14.5 Å². The molecule has 0 aliphatic heterocycles. The molecule has 188 valence electrons. The van der Waals surface area contributed by atoms with Crippen LogP contribution in [0.3, 0.4) is 0 Å². The van der Waals surface area contributed by atoms with E-state index in [4.69, 9.17) is 4.74 Å². The maximum atomic E-state index is 12.9. The Balaban J connectivity index is 1.33. The van der Waals surface area contributed by atoms with Crippen LogP contribution in [0.2, 0.25) is 0 Å². The maximum Gasteiger partial charge on any atom is 0.275 e. The summed E-state index contributed by atoms with van der Waals surface area (Å²) < 4.78 is 7.71. The number of benzene rings is 4. The first kappa shape index (κ1) is 25.1. The van der Waals surface area contributed by atoms with Gasteiger partial charge in [0.15, 0.2) is 4.34 Å². The molecule has 8 nitrogen and oxygen atoms in total. The molecule has 0 fully saturated rings. The Morgan fingerprint density at radius 1 is 1.03 bits per heavy atom. The zero-order valence-corrected chi connectivity index (χ0v) is 21.4. The number of hydrogen-bond acceptors (Lipinski definition) is 8. The second-order valence-electron chi connectivity index (χ2n) is 8.00. The van der Waals surface area contributed by atoms with Gasteiger partial charge in [0.2, 0.25) is 0 Å². The molecule has 4 aromatic carbocycles. The zero-order valence-electron chi connectivity index (χ0n) is 19.8. The molecule has 1 amide bonds. The lowest BCUT2D eigenvalue weighted by Crippen LogP contribution is -2.18. The number of carbonyl (C=O) groups excluding carboxylic acids is 1. The highest BCUT2D eigenvalue weighted by atomic mass is 32.2. The van der Waals surface area contributed by atoms with Gasteiger partial charge in [-0.15, -0.1) is 11.3 Å². The number of ether oxygens (including phenoxy) is 1.